The van der Waals surface area contributed by atoms with Gasteiger partial charge in [0, 0.05) is 37.9 Å². The molecular formula is C10H18N4. The van der Waals surface area contributed by atoms with E-state index in [-0.39, 0.29) is 0 Å². The Morgan fingerprint density at radius 3 is 3.14 bits per heavy atom. The maximum Gasteiger partial charge on any atom is 0.0537 e. The molecule has 78 valence electrons. The van der Waals surface area contributed by atoms with Crippen LogP contribution in [0.5, 0.6) is 0 Å². The minimum absolute atomic E-state index is 0.548. The van der Waals surface area contributed by atoms with E-state index in [0.717, 1.165) is 13.1 Å². The molecule has 1 aromatic rings. The van der Waals surface area contributed by atoms with Gasteiger partial charge in [0.2, 0.25) is 0 Å². The Morgan fingerprint density at radius 2 is 2.50 bits per heavy atom. The summed E-state index contributed by atoms with van der Waals surface area (Å²) in [6.45, 7) is 2.92. The van der Waals surface area contributed by atoms with E-state index in [1.54, 1.807) is 0 Å². The van der Waals surface area contributed by atoms with Gasteiger partial charge in [-0.15, -0.1) is 0 Å². The van der Waals surface area contributed by atoms with Crippen LogP contribution in [0.25, 0.3) is 0 Å². The van der Waals surface area contributed by atoms with Crippen molar-refractivity contribution in [3.8, 4) is 0 Å². The summed E-state index contributed by atoms with van der Waals surface area (Å²) in [5.41, 5.74) is 6.92. The van der Waals surface area contributed by atoms with Gasteiger partial charge in [-0.1, -0.05) is 0 Å². The Hall–Kier alpha value is -0.870. The van der Waals surface area contributed by atoms with Gasteiger partial charge in [-0.3, -0.25) is 9.58 Å². The standard InChI is InChI=1S/C10H18N4/c1-13-8-9(7-12-13)10-3-2-5-14(10)6-4-11/h7-8,10H,2-6,11H2,1H3/t10-/m0/s1. The van der Waals surface area contributed by atoms with Crippen LogP contribution in [0, 0.1) is 0 Å². The lowest BCUT2D eigenvalue weighted by molar-refractivity contribution is 0.264. The summed E-state index contributed by atoms with van der Waals surface area (Å²) < 4.78 is 1.87. The maximum atomic E-state index is 5.59. The lowest BCUT2D eigenvalue weighted by atomic mass is 10.1. The van der Waals surface area contributed by atoms with Crippen LogP contribution in [-0.4, -0.2) is 34.3 Å². The second-order valence-electron chi connectivity index (χ2n) is 3.93. The molecule has 14 heavy (non-hydrogen) atoms. The van der Waals surface area contributed by atoms with E-state index in [1.807, 2.05) is 17.9 Å². The summed E-state index contributed by atoms with van der Waals surface area (Å²) in [4.78, 5) is 2.46. The molecule has 0 bridgehead atoms. The van der Waals surface area contributed by atoms with Crippen LogP contribution in [0.1, 0.15) is 24.4 Å². The fourth-order valence-electron chi connectivity index (χ4n) is 2.25. The predicted octanol–water partition coefficient (Wildman–Crippen LogP) is 0.516. The summed E-state index contributed by atoms with van der Waals surface area (Å²) in [5, 5.41) is 4.21. The van der Waals surface area contributed by atoms with Gasteiger partial charge in [-0.25, -0.2) is 0 Å². The molecule has 2 rings (SSSR count). The zero-order valence-corrected chi connectivity index (χ0v) is 8.69. The average Bonchev–Trinajstić information content (AvgIpc) is 2.74. The molecule has 4 heteroatoms. The molecule has 1 fully saturated rings. The zero-order chi connectivity index (χ0) is 9.97. The van der Waals surface area contributed by atoms with E-state index < -0.39 is 0 Å². The Labute approximate surface area is 84.7 Å². The van der Waals surface area contributed by atoms with Crippen molar-refractivity contribution in [2.75, 3.05) is 19.6 Å². The summed E-state index contributed by atoms with van der Waals surface area (Å²) >= 11 is 0. The first-order valence-electron chi connectivity index (χ1n) is 5.24. The molecule has 1 aliphatic rings. The topological polar surface area (TPSA) is 47.1 Å². The zero-order valence-electron chi connectivity index (χ0n) is 8.69. The summed E-state index contributed by atoms with van der Waals surface area (Å²) in [7, 11) is 1.96. The van der Waals surface area contributed by atoms with Crippen LogP contribution >= 0.6 is 0 Å². The Bertz CT molecular complexity index is 294. The second-order valence-corrected chi connectivity index (χ2v) is 3.93. The molecule has 0 saturated carbocycles. The van der Waals surface area contributed by atoms with E-state index in [0.29, 0.717) is 6.04 Å². The number of nitrogens with zero attached hydrogens (tertiary/aromatic N) is 3. The number of hydrogen-bond donors (Lipinski definition) is 1. The molecule has 2 N–H and O–H groups in total. The number of likely N-dealkylation sites (tertiary alicyclic amines) is 1. The molecule has 0 amide bonds. The van der Waals surface area contributed by atoms with Gasteiger partial charge in [0.25, 0.3) is 0 Å². The quantitative estimate of drug-likeness (QED) is 0.763. The highest BCUT2D eigenvalue weighted by Gasteiger charge is 2.25. The van der Waals surface area contributed by atoms with Crippen molar-refractivity contribution >= 4 is 0 Å². The highest BCUT2D eigenvalue weighted by atomic mass is 15.3. The van der Waals surface area contributed by atoms with Gasteiger partial charge in [0.1, 0.15) is 0 Å². The van der Waals surface area contributed by atoms with Gasteiger partial charge >= 0.3 is 0 Å². The second kappa shape index (κ2) is 4.11. The Kier molecular flexibility index (Phi) is 2.84. The van der Waals surface area contributed by atoms with Crippen LogP contribution in [-0.2, 0) is 7.05 Å². The van der Waals surface area contributed by atoms with E-state index in [1.165, 1.54) is 24.9 Å². The number of hydrogen-bond acceptors (Lipinski definition) is 3. The molecule has 2 heterocycles. The molecule has 1 aromatic heterocycles. The number of aromatic nitrogens is 2. The summed E-state index contributed by atoms with van der Waals surface area (Å²) in [6, 6.07) is 0.548. The maximum absolute atomic E-state index is 5.59. The first-order valence-corrected chi connectivity index (χ1v) is 5.24. The Morgan fingerprint density at radius 1 is 1.64 bits per heavy atom. The predicted molar refractivity (Wildman–Crippen MR) is 55.8 cm³/mol. The minimum Gasteiger partial charge on any atom is -0.329 e. The van der Waals surface area contributed by atoms with E-state index in [9.17, 15) is 0 Å². The minimum atomic E-state index is 0.548. The third-order valence-electron chi connectivity index (χ3n) is 2.89. The lowest BCUT2D eigenvalue weighted by Crippen LogP contribution is -2.28. The smallest absolute Gasteiger partial charge is 0.0537 e. The average molecular weight is 194 g/mol. The highest BCUT2D eigenvalue weighted by Crippen LogP contribution is 2.30. The number of aryl methyl sites for hydroxylation is 1. The highest BCUT2D eigenvalue weighted by molar-refractivity contribution is 5.12. The Balaban J connectivity index is 2.09. The van der Waals surface area contributed by atoms with Crippen molar-refractivity contribution in [1.29, 1.82) is 0 Å². The molecule has 0 radical (unpaired) electrons. The fraction of sp³-hybridized carbons (Fsp3) is 0.700. The van der Waals surface area contributed by atoms with Crippen LogP contribution in [0.3, 0.4) is 0 Å². The van der Waals surface area contributed by atoms with Gasteiger partial charge < -0.3 is 5.73 Å². The molecule has 0 unspecified atom stereocenters. The van der Waals surface area contributed by atoms with Crippen molar-refractivity contribution < 1.29 is 0 Å². The third kappa shape index (κ3) is 1.81. The monoisotopic (exact) mass is 194 g/mol. The van der Waals surface area contributed by atoms with E-state index >= 15 is 0 Å². The fourth-order valence-corrected chi connectivity index (χ4v) is 2.25. The van der Waals surface area contributed by atoms with Crippen molar-refractivity contribution in [3.63, 3.8) is 0 Å². The molecule has 0 aromatic carbocycles. The first kappa shape index (κ1) is 9.68. The van der Waals surface area contributed by atoms with Gasteiger partial charge in [-0.05, 0) is 19.4 Å². The SMILES string of the molecule is Cn1cc([C@@H]2CCCN2CCN)cn1. The lowest BCUT2D eigenvalue weighted by Gasteiger charge is -2.22. The summed E-state index contributed by atoms with van der Waals surface area (Å²) in [5.74, 6) is 0. The van der Waals surface area contributed by atoms with E-state index in [4.69, 9.17) is 5.73 Å². The normalized spacial score (nSPS) is 23.1. The van der Waals surface area contributed by atoms with Crippen molar-refractivity contribution in [1.82, 2.24) is 14.7 Å². The molecule has 0 aliphatic carbocycles. The van der Waals surface area contributed by atoms with Crippen LogP contribution < -0.4 is 5.73 Å². The first-order chi connectivity index (χ1) is 6.81. The van der Waals surface area contributed by atoms with E-state index in [2.05, 4.69) is 16.2 Å². The number of rotatable bonds is 3. The van der Waals surface area contributed by atoms with Crippen LogP contribution in [0.15, 0.2) is 12.4 Å². The molecular weight excluding hydrogens is 176 g/mol. The van der Waals surface area contributed by atoms with Crippen LogP contribution in [0.4, 0.5) is 0 Å². The van der Waals surface area contributed by atoms with Crippen molar-refractivity contribution in [2.45, 2.75) is 18.9 Å². The molecule has 1 atom stereocenters. The summed E-state index contributed by atoms with van der Waals surface area (Å²) in [6.07, 6.45) is 6.60. The van der Waals surface area contributed by atoms with Crippen molar-refractivity contribution in [2.24, 2.45) is 12.8 Å². The van der Waals surface area contributed by atoms with Gasteiger partial charge in [0.15, 0.2) is 0 Å². The molecule has 1 aliphatic heterocycles. The van der Waals surface area contributed by atoms with Gasteiger partial charge in [0.05, 0.1) is 6.20 Å². The van der Waals surface area contributed by atoms with Gasteiger partial charge in [-0.2, -0.15) is 5.10 Å². The molecule has 1 saturated heterocycles. The largest absolute Gasteiger partial charge is 0.329 e. The molecule has 0 spiro atoms. The van der Waals surface area contributed by atoms with Crippen LogP contribution in [0.2, 0.25) is 0 Å². The van der Waals surface area contributed by atoms with Crippen molar-refractivity contribution in [3.05, 3.63) is 18.0 Å². The number of nitrogens with two attached hydrogens (primary N) is 1. The molecule has 4 nitrogen and oxygen atoms in total. The third-order valence-corrected chi connectivity index (χ3v) is 2.89.